The molecule has 1 N–H and O–H groups in total. The fourth-order valence-electron chi connectivity index (χ4n) is 5.10. The number of amides is 1. The maximum atomic E-state index is 12.8. The summed E-state index contributed by atoms with van der Waals surface area (Å²) in [6, 6.07) is 4.50. The molecule has 1 amide bonds. The summed E-state index contributed by atoms with van der Waals surface area (Å²) < 4.78 is 38.9. The van der Waals surface area contributed by atoms with E-state index in [2.05, 4.69) is 10.2 Å². The molecule has 2 aliphatic heterocycles. The van der Waals surface area contributed by atoms with Crippen molar-refractivity contribution in [3.05, 3.63) is 23.8 Å². The van der Waals surface area contributed by atoms with Gasteiger partial charge in [0.2, 0.25) is 12.4 Å². The molecule has 5 atom stereocenters. The van der Waals surface area contributed by atoms with Gasteiger partial charge >= 0.3 is 23.9 Å². The van der Waals surface area contributed by atoms with Gasteiger partial charge in [-0.05, 0) is 57.1 Å². The second-order valence-corrected chi connectivity index (χ2v) is 10.6. The predicted molar refractivity (Wildman–Crippen MR) is 153 cm³/mol. The van der Waals surface area contributed by atoms with Crippen LogP contribution in [-0.2, 0) is 42.9 Å². The minimum Gasteiger partial charge on any atom is -0.493 e. The second kappa shape index (κ2) is 16.8. The number of methoxy groups -OCH3 is 1. The van der Waals surface area contributed by atoms with E-state index >= 15 is 0 Å². The highest BCUT2D eigenvalue weighted by Gasteiger charge is 2.53. The molecule has 0 bridgehead atoms. The molecule has 44 heavy (non-hydrogen) atoms. The third-order valence-corrected chi connectivity index (χ3v) is 7.00. The number of hydrogen-bond acceptors (Lipinski definition) is 13. The molecule has 0 aromatic heterocycles. The summed E-state index contributed by atoms with van der Waals surface area (Å²) in [5.41, 5.74) is 0.328. The third-order valence-electron chi connectivity index (χ3n) is 7.00. The zero-order valence-electron chi connectivity index (χ0n) is 25.8. The first-order valence-corrected chi connectivity index (χ1v) is 14.6. The molecule has 2 fully saturated rings. The Hall–Kier alpha value is -3.91. The van der Waals surface area contributed by atoms with Gasteiger partial charge in [0, 0.05) is 39.8 Å². The molecule has 2 aliphatic rings. The minimum absolute atomic E-state index is 0.107. The van der Waals surface area contributed by atoms with Gasteiger partial charge in [-0.25, -0.2) is 0 Å². The molecule has 3 rings (SSSR count). The van der Waals surface area contributed by atoms with Crippen molar-refractivity contribution < 1.29 is 57.1 Å². The summed E-state index contributed by atoms with van der Waals surface area (Å²) in [7, 11) is 1.38. The van der Waals surface area contributed by atoms with E-state index in [0.29, 0.717) is 12.1 Å². The highest BCUT2D eigenvalue weighted by molar-refractivity contribution is 5.94. The van der Waals surface area contributed by atoms with E-state index in [0.717, 1.165) is 46.8 Å². The van der Waals surface area contributed by atoms with Gasteiger partial charge in [-0.1, -0.05) is 6.42 Å². The van der Waals surface area contributed by atoms with E-state index in [1.165, 1.54) is 51.5 Å². The number of benzene rings is 1. The molecule has 1 aromatic rings. The van der Waals surface area contributed by atoms with E-state index in [-0.39, 0.29) is 17.4 Å². The Labute approximate surface area is 256 Å². The molecular weight excluding hydrogens is 580 g/mol. The second-order valence-electron chi connectivity index (χ2n) is 10.6. The maximum Gasteiger partial charge on any atom is 0.303 e. The summed E-state index contributed by atoms with van der Waals surface area (Å²) in [5.74, 6) is -2.93. The first-order chi connectivity index (χ1) is 21.0. The Morgan fingerprint density at radius 3 is 2.09 bits per heavy atom. The van der Waals surface area contributed by atoms with Crippen LogP contribution in [-0.4, -0.2) is 105 Å². The Bertz CT molecular complexity index is 1170. The Morgan fingerprint density at radius 2 is 1.48 bits per heavy atom. The maximum absolute atomic E-state index is 12.8. The van der Waals surface area contributed by atoms with Gasteiger partial charge in [0.1, 0.15) is 12.7 Å². The van der Waals surface area contributed by atoms with Gasteiger partial charge in [-0.2, -0.15) is 0 Å². The Morgan fingerprint density at radius 1 is 0.841 bits per heavy atom. The third kappa shape index (κ3) is 10.4. The van der Waals surface area contributed by atoms with Crippen LogP contribution in [0.3, 0.4) is 0 Å². The lowest BCUT2D eigenvalue weighted by atomic mass is 9.98. The van der Waals surface area contributed by atoms with Gasteiger partial charge in [0.25, 0.3) is 5.91 Å². The van der Waals surface area contributed by atoms with E-state index in [1.807, 2.05) is 0 Å². The quantitative estimate of drug-likeness (QED) is 0.192. The summed E-state index contributed by atoms with van der Waals surface area (Å²) in [5, 5.41) is 2.92. The van der Waals surface area contributed by atoms with E-state index in [1.54, 1.807) is 0 Å². The standard InChI is InChI=1S/C30H42N2O12/c1-18(33)39-17-25-26(40-19(2)34)27(41-20(3)35)28(42-21(4)36)30(44-25)43-23-11-10-22(16-24(23)38-5)29(37)31-12-9-15-32-13-7-6-8-14-32/h10-11,16,25-28,30H,6-9,12-15,17H2,1-5H3,(H,31,37). The lowest BCUT2D eigenvalue weighted by molar-refractivity contribution is -0.288. The van der Waals surface area contributed by atoms with Crippen LogP contribution in [0.25, 0.3) is 0 Å². The lowest BCUT2D eigenvalue weighted by Crippen LogP contribution is -2.63. The molecule has 2 saturated heterocycles. The molecule has 0 spiro atoms. The van der Waals surface area contributed by atoms with Gasteiger partial charge in [-0.15, -0.1) is 0 Å². The molecule has 244 valence electrons. The predicted octanol–water partition coefficient (Wildman–Crippen LogP) is 1.76. The van der Waals surface area contributed by atoms with Gasteiger partial charge in [0.05, 0.1) is 7.11 Å². The molecule has 2 heterocycles. The number of hydrogen-bond donors (Lipinski definition) is 1. The average molecular weight is 623 g/mol. The topological polar surface area (TPSA) is 165 Å². The van der Waals surface area contributed by atoms with Gasteiger partial charge < -0.3 is 43.4 Å². The molecule has 0 radical (unpaired) electrons. The zero-order valence-corrected chi connectivity index (χ0v) is 25.8. The van der Waals surface area contributed by atoms with Crippen molar-refractivity contribution in [3.8, 4) is 11.5 Å². The van der Waals surface area contributed by atoms with Crippen molar-refractivity contribution in [1.82, 2.24) is 10.2 Å². The highest BCUT2D eigenvalue weighted by atomic mass is 16.7. The van der Waals surface area contributed by atoms with Gasteiger partial charge in [-0.3, -0.25) is 24.0 Å². The highest BCUT2D eigenvalue weighted by Crippen LogP contribution is 2.35. The lowest BCUT2D eigenvalue weighted by Gasteiger charge is -2.44. The molecule has 0 aliphatic carbocycles. The first kappa shape index (κ1) is 34.6. The van der Waals surface area contributed by atoms with E-state index < -0.39 is 61.2 Å². The molecule has 1 aromatic carbocycles. The number of esters is 4. The summed E-state index contributed by atoms with van der Waals surface area (Å²) >= 11 is 0. The van der Waals surface area contributed by atoms with Crippen LogP contribution < -0.4 is 14.8 Å². The molecule has 14 nitrogen and oxygen atoms in total. The smallest absolute Gasteiger partial charge is 0.303 e. The largest absolute Gasteiger partial charge is 0.493 e. The monoisotopic (exact) mass is 622 g/mol. The van der Waals surface area contributed by atoms with Crippen LogP contribution in [0.5, 0.6) is 11.5 Å². The number of ether oxygens (including phenoxy) is 7. The summed E-state index contributed by atoms with van der Waals surface area (Å²) in [6.07, 6.45) is -2.24. The van der Waals surface area contributed by atoms with Crippen LogP contribution in [0.1, 0.15) is 63.7 Å². The summed E-state index contributed by atoms with van der Waals surface area (Å²) in [4.78, 5) is 62.9. The normalized spacial score (nSPS) is 23.5. The SMILES string of the molecule is COc1cc(C(=O)NCCCN2CCCCC2)ccc1OC1OC(COC(C)=O)C(OC(C)=O)C(OC(C)=O)C1OC(C)=O. The Balaban J connectivity index is 1.80. The van der Waals surface area contributed by atoms with Crippen LogP contribution in [0.2, 0.25) is 0 Å². The minimum atomic E-state index is -1.45. The van der Waals surface area contributed by atoms with Crippen molar-refractivity contribution in [2.75, 3.05) is 39.9 Å². The number of carbonyl (C=O) groups excluding carboxylic acids is 5. The van der Waals surface area contributed by atoms with Crippen LogP contribution in [0.4, 0.5) is 0 Å². The first-order valence-electron chi connectivity index (χ1n) is 14.6. The number of nitrogens with one attached hydrogen (secondary N) is 1. The van der Waals surface area contributed by atoms with Crippen molar-refractivity contribution in [2.24, 2.45) is 0 Å². The number of nitrogens with zero attached hydrogens (tertiary/aromatic N) is 1. The van der Waals surface area contributed by atoms with Crippen molar-refractivity contribution in [3.63, 3.8) is 0 Å². The van der Waals surface area contributed by atoms with Crippen LogP contribution in [0, 0.1) is 0 Å². The number of likely N-dealkylation sites (tertiary alicyclic amines) is 1. The van der Waals surface area contributed by atoms with Crippen LogP contribution in [0.15, 0.2) is 18.2 Å². The fraction of sp³-hybridized carbons (Fsp3) is 0.633. The van der Waals surface area contributed by atoms with Crippen molar-refractivity contribution in [2.45, 2.75) is 84.1 Å². The van der Waals surface area contributed by atoms with Crippen LogP contribution >= 0.6 is 0 Å². The fourth-order valence-corrected chi connectivity index (χ4v) is 5.10. The molecular formula is C30H42N2O12. The van der Waals surface area contributed by atoms with Crippen molar-refractivity contribution in [1.29, 1.82) is 0 Å². The molecule has 14 heteroatoms. The zero-order chi connectivity index (χ0) is 32.2. The van der Waals surface area contributed by atoms with E-state index in [9.17, 15) is 24.0 Å². The Kier molecular flexibility index (Phi) is 13.2. The number of carbonyl (C=O) groups is 5. The number of piperidine rings is 1. The number of rotatable bonds is 13. The molecule has 5 unspecified atom stereocenters. The average Bonchev–Trinajstić information content (AvgIpc) is 2.97. The van der Waals surface area contributed by atoms with Gasteiger partial charge in [0.15, 0.2) is 23.7 Å². The summed E-state index contributed by atoms with van der Waals surface area (Å²) in [6.45, 7) is 7.79. The molecule has 0 saturated carbocycles. The van der Waals surface area contributed by atoms with Crippen molar-refractivity contribution >= 4 is 29.8 Å². The van der Waals surface area contributed by atoms with E-state index in [4.69, 9.17) is 33.2 Å².